The van der Waals surface area contributed by atoms with E-state index in [1.54, 1.807) is 0 Å². The van der Waals surface area contributed by atoms with Gasteiger partial charge in [-0.15, -0.1) is 0 Å². The van der Waals surface area contributed by atoms with Crippen LogP contribution in [-0.2, 0) is 4.79 Å². The third kappa shape index (κ3) is 2.77. The minimum Gasteiger partial charge on any atom is -0.477 e. The van der Waals surface area contributed by atoms with Gasteiger partial charge in [-0.3, -0.25) is 4.90 Å². The van der Waals surface area contributed by atoms with Gasteiger partial charge in [0, 0.05) is 6.54 Å². The van der Waals surface area contributed by atoms with Gasteiger partial charge in [-0.25, -0.2) is 4.79 Å². The van der Waals surface area contributed by atoms with Crippen LogP contribution in [0.5, 0.6) is 0 Å². The number of aliphatic carboxylic acids is 1. The van der Waals surface area contributed by atoms with Gasteiger partial charge in [-0.2, -0.15) is 8.78 Å². The number of hydrogen-bond acceptors (Lipinski definition) is 2. The molecule has 5 heteroatoms. The number of halogens is 2. The van der Waals surface area contributed by atoms with E-state index in [0.717, 1.165) is 18.4 Å². The van der Waals surface area contributed by atoms with E-state index in [0.29, 0.717) is 13.1 Å². The van der Waals surface area contributed by atoms with Crippen LogP contribution in [0.15, 0.2) is 12.2 Å². The minimum atomic E-state index is -3.66. The van der Waals surface area contributed by atoms with Crippen molar-refractivity contribution in [2.24, 2.45) is 0 Å². The Morgan fingerprint density at radius 1 is 1.64 bits per heavy atom. The summed E-state index contributed by atoms with van der Waals surface area (Å²) >= 11 is 0. The number of carbonyl (C=O) groups is 1. The Kier molecular flexibility index (Phi) is 3.21. The van der Waals surface area contributed by atoms with E-state index in [1.807, 2.05) is 0 Å². The van der Waals surface area contributed by atoms with Crippen molar-refractivity contribution in [2.75, 3.05) is 19.6 Å². The molecule has 1 heterocycles. The first-order chi connectivity index (χ1) is 6.42. The lowest BCUT2D eigenvalue weighted by atomic mass is 10.1. The molecule has 0 saturated carbocycles. The van der Waals surface area contributed by atoms with Crippen LogP contribution in [-0.4, -0.2) is 41.5 Å². The van der Waals surface area contributed by atoms with Crippen LogP contribution < -0.4 is 0 Å². The first-order valence-electron chi connectivity index (χ1n) is 4.42. The molecule has 1 aliphatic rings. The fourth-order valence-corrected chi connectivity index (χ4v) is 1.51. The van der Waals surface area contributed by atoms with Gasteiger partial charge in [0.15, 0.2) is 0 Å². The molecule has 1 rings (SSSR count). The van der Waals surface area contributed by atoms with Crippen molar-refractivity contribution >= 4 is 5.97 Å². The Balaban J connectivity index is 2.51. The third-order valence-electron chi connectivity index (χ3n) is 2.19. The fraction of sp³-hybridized carbons (Fsp3) is 0.667. The van der Waals surface area contributed by atoms with Crippen LogP contribution in [0, 0.1) is 0 Å². The second-order valence-corrected chi connectivity index (χ2v) is 3.57. The highest BCUT2D eigenvalue weighted by atomic mass is 19.3. The average Bonchev–Trinajstić information content (AvgIpc) is 2.02. The number of rotatable bonds is 3. The summed E-state index contributed by atoms with van der Waals surface area (Å²) in [7, 11) is 0. The van der Waals surface area contributed by atoms with Gasteiger partial charge >= 0.3 is 11.9 Å². The summed E-state index contributed by atoms with van der Waals surface area (Å²) in [6.07, 6.45) is 1.61. The summed E-state index contributed by atoms with van der Waals surface area (Å²) in [6, 6.07) is 0. The van der Waals surface area contributed by atoms with Crippen molar-refractivity contribution in [3.63, 3.8) is 0 Å². The Morgan fingerprint density at radius 3 is 2.79 bits per heavy atom. The quantitative estimate of drug-likeness (QED) is 0.707. The lowest BCUT2D eigenvalue weighted by Crippen LogP contribution is -2.44. The van der Waals surface area contributed by atoms with Crippen molar-refractivity contribution in [2.45, 2.75) is 18.8 Å². The Morgan fingerprint density at radius 2 is 2.29 bits per heavy atom. The molecule has 1 aliphatic heterocycles. The zero-order valence-electron chi connectivity index (χ0n) is 7.80. The van der Waals surface area contributed by atoms with Crippen LogP contribution in [0.3, 0.4) is 0 Å². The third-order valence-corrected chi connectivity index (χ3v) is 2.19. The number of carboxylic acid groups (broad SMARTS) is 1. The van der Waals surface area contributed by atoms with Crippen LogP contribution in [0.2, 0.25) is 0 Å². The van der Waals surface area contributed by atoms with E-state index >= 15 is 0 Å². The van der Waals surface area contributed by atoms with Crippen LogP contribution in [0.4, 0.5) is 8.78 Å². The highest BCUT2D eigenvalue weighted by Crippen LogP contribution is 2.20. The van der Waals surface area contributed by atoms with Crippen LogP contribution in [0.25, 0.3) is 0 Å². The number of hydrogen-bond donors (Lipinski definition) is 1. The smallest absolute Gasteiger partial charge is 0.375 e. The Hall–Kier alpha value is -0.970. The molecular formula is C9H13F2NO2. The predicted octanol–water partition coefficient (Wildman–Crippen LogP) is 1.36. The maximum absolute atomic E-state index is 12.8. The predicted molar refractivity (Wildman–Crippen MR) is 47.4 cm³/mol. The maximum Gasteiger partial charge on any atom is 0.375 e. The van der Waals surface area contributed by atoms with Crippen molar-refractivity contribution in [1.29, 1.82) is 0 Å². The second-order valence-electron chi connectivity index (χ2n) is 3.57. The number of carboxylic acids is 1. The molecular weight excluding hydrogens is 192 g/mol. The van der Waals surface area contributed by atoms with Crippen molar-refractivity contribution in [3.05, 3.63) is 12.2 Å². The van der Waals surface area contributed by atoms with Crippen LogP contribution >= 0.6 is 0 Å². The molecule has 14 heavy (non-hydrogen) atoms. The van der Waals surface area contributed by atoms with Gasteiger partial charge in [0.25, 0.3) is 0 Å². The molecule has 0 unspecified atom stereocenters. The van der Waals surface area contributed by atoms with E-state index in [4.69, 9.17) is 5.11 Å². The molecule has 1 N–H and O–H groups in total. The molecule has 3 nitrogen and oxygen atoms in total. The summed E-state index contributed by atoms with van der Waals surface area (Å²) in [6.45, 7) is 3.88. The molecule has 0 bridgehead atoms. The highest BCUT2D eigenvalue weighted by Gasteiger charge is 2.40. The average molecular weight is 205 g/mol. The summed E-state index contributed by atoms with van der Waals surface area (Å²) in [4.78, 5) is 11.6. The van der Waals surface area contributed by atoms with Gasteiger partial charge in [0.05, 0.1) is 6.54 Å². The van der Waals surface area contributed by atoms with E-state index in [2.05, 4.69) is 6.58 Å². The first kappa shape index (κ1) is 11.1. The maximum atomic E-state index is 12.8. The topological polar surface area (TPSA) is 40.5 Å². The van der Waals surface area contributed by atoms with E-state index in [1.165, 1.54) is 4.90 Å². The normalized spacial score (nSPS) is 19.7. The summed E-state index contributed by atoms with van der Waals surface area (Å²) < 4.78 is 25.6. The summed E-state index contributed by atoms with van der Waals surface area (Å²) in [5.74, 6) is -5.72. The molecule has 0 spiro atoms. The van der Waals surface area contributed by atoms with Gasteiger partial charge in [-0.05, 0) is 19.4 Å². The molecule has 0 radical (unpaired) electrons. The molecule has 0 amide bonds. The molecule has 80 valence electrons. The number of likely N-dealkylation sites (tertiary alicyclic amines) is 1. The van der Waals surface area contributed by atoms with Crippen molar-refractivity contribution in [1.82, 2.24) is 4.90 Å². The zero-order valence-corrected chi connectivity index (χ0v) is 7.80. The summed E-state index contributed by atoms with van der Waals surface area (Å²) in [5.41, 5.74) is 0.887. The molecule has 0 atom stereocenters. The summed E-state index contributed by atoms with van der Waals surface area (Å²) in [5, 5.41) is 8.24. The number of nitrogens with zero attached hydrogens (tertiary/aromatic N) is 1. The largest absolute Gasteiger partial charge is 0.477 e. The molecule has 0 aromatic rings. The van der Waals surface area contributed by atoms with Gasteiger partial charge in [0.1, 0.15) is 0 Å². The fourth-order valence-electron chi connectivity index (χ4n) is 1.51. The van der Waals surface area contributed by atoms with Gasteiger partial charge in [-0.1, -0.05) is 12.2 Å². The number of alkyl halides is 2. The zero-order chi connectivity index (χ0) is 10.8. The number of piperidine rings is 1. The highest BCUT2D eigenvalue weighted by molar-refractivity contribution is 5.75. The lowest BCUT2D eigenvalue weighted by Gasteiger charge is -2.29. The van der Waals surface area contributed by atoms with Gasteiger partial charge < -0.3 is 5.11 Å². The lowest BCUT2D eigenvalue weighted by molar-refractivity contribution is -0.167. The first-order valence-corrected chi connectivity index (χ1v) is 4.42. The molecule has 0 aliphatic carbocycles. The molecule has 0 aromatic carbocycles. The second kappa shape index (κ2) is 4.04. The molecule has 1 fully saturated rings. The van der Waals surface area contributed by atoms with E-state index in [9.17, 15) is 13.6 Å². The van der Waals surface area contributed by atoms with E-state index < -0.39 is 18.4 Å². The Bertz CT molecular complexity index is 253. The minimum absolute atomic E-state index is 0.378. The van der Waals surface area contributed by atoms with Crippen molar-refractivity contribution < 1.29 is 18.7 Å². The molecule has 0 aromatic heterocycles. The standard InChI is InChI=1S/C9H13F2NO2/c1-7-3-2-4-12(5-7)6-9(10,11)8(13)14/h1-6H2,(H,13,14). The van der Waals surface area contributed by atoms with E-state index in [-0.39, 0.29) is 0 Å². The molecule has 1 saturated heterocycles. The Labute approximate surface area is 81.0 Å². The monoisotopic (exact) mass is 205 g/mol. The van der Waals surface area contributed by atoms with Gasteiger partial charge in [0.2, 0.25) is 0 Å². The van der Waals surface area contributed by atoms with Crippen LogP contribution in [0.1, 0.15) is 12.8 Å². The SMILES string of the molecule is C=C1CCCN(CC(F)(F)C(=O)O)C1. The van der Waals surface area contributed by atoms with Crippen molar-refractivity contribution in [3.8, 4) is 0 Å².